The van der Waals surface area contributed by atoms with Gasteiger partial charge in [0.2, 0.25) is 4.96 Å². The highest BCUT2D eigenvalue weighted by atomic mass is 35.5. The van der Waals surface area contributed by atoms with Crippen molar-refractivity contribution < 1.29 is 0 Å². The third-order valence-corrected chi connectivity index (χ3v) is 4.30. The lowest BCUT2D eigenvalue weighted by Gasteiger charge is -2.05. The quantitative estimate of drug-likeness (QED) is 0.799. The van der Waals surface area contributed by atoms with Gasteiger partial charge in [-0.15, -0.1) is 12.4 Å². The molecule has 112 valence electrons. The monoisotopic (exact) mass is 322 g/mol. The minimum absolute atomic E-state index is 0. The van der Waals surface area contributed by atoms with Gasteiger partial charge in [-0.3, -0.25) is 0 Å². The fourth-order valence-corrected chi connectivity index (χ4v) is 3.03. The Labute approximate surface area is 134 Å². The molecule has 0 aliphatic rings. The van der Waals surface area contributed by atoms with Crippen LogP contribution < -0.4 is 5.73 Å². The van der Waals surface area contributed by atoms with Crippen LogP contribution in [-0.4, -0.2) is 21.1 Å². The van der Waals surface area contributed by atoms with Crippen LogP contribution in [0.1, 0.15) is 30.3 Å². The van der Waals surface area contributed by atoms with E-state index in [-0.39, 0.29) is 12.4 Å². The average Bonchev–Trinajstić information content (AvgIpc) is 2.97. The third-order valence-electron chi connectivity index (χ3n) is 3.32. The molecule has 2 aromatic heterocycles. The molecule has 0 saturated carbocycles. The van der Waals surface area contributed by atoms with E-state index in [1.165, 1.54) is 5.56 Å². The Morgan fingerprint density at radius 3 is 2.52 bits per heavy atom. The standard InChI is InChI=1S/C15H18N4S.ClH/c1-10(2)11-3-5-12(6-4-11)13-9-19-15(17-13)20-14(18-19)7-8-16;/h3-6,9-10H,7-8,16H2,1-2H3;1H. The Balaban J connectivity index is 0.00000161. The van der Waals surface area contributed by atoms with Gasteiger partial charge >= 0.3 is 0 Å². The van der Waals surface area contributed by atoms with Crippen molar-refractivity contribution in [2.24, 2.45) is 5.73 Å². The van der Waals surface area contributed by atoms with E-state index in [4.69, 9.17) is 5.73 Å². The zero-order valence-corrected chi connectivity index (χ0v) is 13.7. The van der Waals surface area contributed by atoms with Crippen molar-refractivity contribution in [2.75, 3.05) is 6.54 Å². The summed E-state index contributed by atoms with van der Waals surface area (Å²) in [5, 5.41) is 5.53. The summed E-state index contributed by atoms with van der Waals surface area (Å²) in [4.78, 5) is 5.57. The fourth-order valence-electron chi connectivity index (χ4n) is 2.14. The Morgan fingerprint density at radius 1 is 1.24 bits per heavy atom. The number of hydrogen-bond acceptors (Lipinski definition) is 4. The minimum atomic E-state index is 0. The van der Waals surface area contributed by atoms with Crippen molar-refractivity contribution in [3.63, 3.8) is 0 Å². The summed E-state index contributed by atoms with van der Waals surface area (Å²) < 4.78 is 1.85. The number of benzene rings is 1. The predicted octanol–water partition coefficient (Wildman–Crippen LogP) is 3.50. The Morgan fingerprint density at radius 2 is 1.95 bits per heavy atom. The molecule has 2 N–H and O–H groups in total. The Hall–Kier alpha value is -1.43. The molecule has 3 aromatic rings. The normalized spacial score (nSPS) is 11.0. The number of hydrogen-bond donors (Lipinski definition) is 1. The van der Waals surface area contributed by atoms with Crippen molar-refractivity contribution in [3.05, 3.63) is 41.0 Å². The Bertz CT molecular complexity index is 683. The van der Waals surface area contributed by atoms with Crippen LogP contribution in [0.15, 0.2) is 30.5 Å². The van der Waals surface area contributed by atoms with Gasteiger partial charge in [0, 0.05) is 12.0 Å². The lowest BCUT2D eigenvalue weighted by atomic mass is 10.0. The fraction of sp³-hybridized carbons (Fsp3) is 0.333. The molecule has 21 heavy (non-hydrogen) atoms. The molecule has 0 aliphatic carbocycles. The minimum Gasteiger partial charge on any atom is -0.330 e. The van der Waals surface area contributed by atoms with Crippen LogP contribution >= 0.6 is 23.7 Å². The van der Waals surface area contributed by atoms with E-state index in [1.54, 1.807) is 11.3 Å². The van der Waals surface area contributed by atoms with Crippen LogP contribution in [0.4, 0.5) is 0 Å². The first-order valence-electron chi connectivity index (χ1n) is 6.83. The largest absolute Gasteiger partial charge is 0.330 e. The molecule has 0 saturated heterocycles. The van der Waals surface area contributed by atoms with Gasteiger partial charge in [0.05, 0.1) is 11.9 Å². The molecule has 1 aromatic carbocycles. The second-order valence-corrected chi connectivity index (χ2v) is 6.20. The molecule has 0 unspecified atom stereocenters. The van der Waals surface area contributed by atoms with Crippen LogP contribution in [0.2, 0.25) is 0 Å². The summed E-state index contributed by atoms with van der Waals surface area (Å²) in [5.74, 6) is 0.551. The van der Waals surface area contributed by atoms with Crippen molar-refractivity contribution in [1.82, 2.24) is 14.6 Å². The molecule has 0 fully saturated rings. The molecule has 0 atom stereocenters. The highest BCUT2D eigenvalue weighted by Gasteiger charge is 2.09. The SMILES string of the molecule is CC(C)c1ccc(-c2cn3nc(CCN)sc3n2)cc1.Cl. The summed E-state index contributed by atoms with van der Waals surface area (Å²) in [7, 11) is 0. The number of rotatable bonds is 4. The van der Waals surface area contributed by atoms with Crippen LogP contribution in [-0.2, 0) is 6.42 Å². The first-order valence-corrected chi connectivity index (χ1v) is 7.64. The maximum absolute atomic E-state index is 5.55. The van der Waals surface area contributed by atoms with E-state index in [2.05, 4.69) is 48.2 Å². The number of halogens is 1. The zero-order chi connectivity index (χ0) is 14.1. The van der Waals surface area contributed by atoms with Crippen molar-refractivity contribution in [1.29, 1.82) is 0 Å². The zero-order valence-electron chi connectivity index (χ0n) is 12.1. The highest BCUT2D eigenvalue weighted by molar-refractivity contribution is 7.16. The van der Waals surface area contributed by atoms with Gasteiger partial charge in [0.1, 0.15) is 5.01 Å². The summed E-state index contributed by atoms with van der Waals surface area (Å²) in [6.07, 6.45) is 2.79. The van der Waals surface area contributed by atoms with Crippen molar-refractivity contribution in [3.8, 4) is 11.3 Å². The van der Waals surface area contributed by atoms with Crippen LogP contribution in [0, 0.1) is 0 Å². The number of aromatic nitrogens is 3. The molecule has 0 amide bonds. The highest BCUT2D eigenvalue weighted by Crippen LogP contribution is 2.24. The maximum Gasteiger partial charge on any atom is 0.212 e. The smallest absolute Gasteiger partial charge is 0.212 e. The number of imidazole rings is 1. The average molecular weight is 323 g/mol. The van der Waals surface area contributed by atoms with E-state index in [1.807, 2.05) is 10.7 Å². The maximum atomic E-state index is 5.55. The second-order valence-electron chi connectivity index (χ2n) is 5.16. The molecule has 3 rings (SSSR count). The van der Waals surface area contributed by atoms with Crippen molar-refractivity contribution in [2.45, 2.75) is 26.2 Å². The molecular weight excluding hydrogens is 304 g/mol. The van der Waals surface area contributed by atoms with Crippen LogP contribution in [0.5, 0.6) is 0 Å². The third kappa shape index (κ3) is 3.26. The lowest BCUT2D eigenvalue weighted by Crippen LogP contribution is -2.02. The first-order chi connectivity index (χ1) is 9.67. The van der Waals surface area contributed by atoms with E-state index >= 15 is 0 Å². The topological polar surface area (TPSA) is 56.2 Å². The van der Waals surface area contributed by atoms with E-state index in [0.717, 1.165) is 27.6 Å². The van der Waals surface area contributed by atoms with Gasteiger partial charge in [0.15, 0.2) is 0 Å². The first kappa shape index (κ1) is 15.9. The molecule has 0 bridgehead atoms. The van der Waals surface area contributed by atoms with Crippen LogP contribution in [0.25, 0.3) is 16.2 Å². The molecule has 0 radical (unpaired) electrons. The van der Waals surface area contributed by atoms with E-state index in [9.17, 15) is 0 Å². The van der Waals surface area contributed by atoms with Gasteiger partial charge in [-0.1, -0.05) is 49.4 Å². The van der Waals surface area contributed by atoms with E-state index in [0.29, 0.717) is 12.5 Å². The number of fused-ring (bicyclic) bond motifs is 1. The molecular formula is C15H19ClN4S. The summed E-state index contributed by atoms with van der Waals surface area (Å²) in [6, 6.07) is 8.59. The summed E-state index contributed by atoms with van der Waals surface area (Å²) >= 11 is 1.61. The van der Waals surface area contributed by atoms with Gasteiger partial charge in [0.25, 0.3) is 0 Å². The van der Waals surface area contributed by atoms with Crippen LogP contribution in [0.3, 0.4) is 0 Å². The summed E-state index contributed by atoms with van der Waals surface area (Å²) in [6.45, 7) is 5.02. The second kappa shape index (κ2) is 6.56. The van der Waals surface area contributed by atoms with Gasteiger partial charge in [-0.25, -0.2) is 9.50 Å². The molecule has 6 heteroatoms. The number of nitrogens with zero attached hydrogens (tertiary/aromatic N) is 3. The predicted molar refractivity (Wildman–Crippen MR) is 90.4 cm³/mol. The Kier molecular flexibility index (Phi) is 4.98. The van der Waals surface area contributed by atoms with Gasteiger partial charge in [-0.2, -0.15) is 5.10 Å². The number of nitrogens with two attached hydrogens (primary N) is 1. The van der Waals surface area contributed by atoms with Gasteiger partial charge < -0.3 is 5.73 Å². The molecule has 0 spiro atoms. The molecule has 4 nitrogen and oxygen atoms in total. The molecule has 2 heterocycles. The lowest BCUT2D eigenvalue weighted by molar-refractivity contribution is 0.867. The van der Waals surface area contributed by atoms with Gasteiger partial charge in [-0.05, 0) is 18.0 Å². The molecule has 0 aliphatic heterocycles. The van der Waals surface area contributed by atoms with Crippen molar-refractivity contribution >= 4 is 28.7 Å². The van der Waals surface area contributed by atoms with E-state index < -0.39 is 0 Å². The summed E-state index contributed by atoms with van der Waals surface area (Å²) in [5.41, 5.74) is 9.00.